The molecule has 0 aromatic rings. The van der Waals surface area contributed by atoms with Gasteiger partial charge in [0.1, 0.15) is 6.07 Å². The first-order chi connectivity index (χ1) is 3.85. The van der Waals surface area contributed by atoms with Crippen LogP contribution in [0.2, 0.25) is 0 Å². The van der Waals surface area contributed by atoms with Crippen molar-refractivity contribution in [3.05, 3.63) is 6.29 Å². The third kappa shape index (κ3) is 2.56. The number of ether oxygens (including phenoxy) is 2. The van der Waals surface area contributed by atoms with Crippen molar-refractivity contribution in [3.63, 3.8) is 0 Å². The summed E-state index contributed by atoms with van der Waals surface area (Å²) in [6.07, 6.45) is 0.0208. The van der Waals surface area contributed by atoms with E-state index in [0.717, 1.165) is 0 Å². The molecule has 8 heavy (non-hydrogen) atoms. The Morgan fingerprint density at radius 3 is 2.50 bits per heavy atom. The Labute approximate surface area is 48.8 Å². The predicted molar refractivity (Wildman–Crippen MR) is 27.5 cm³/mol. The van der Waals surface area contributed by atoms with Crippen molar-refractivity contribution in [1.29, 1.82) is 5.26 Å². The maximum Gasteiger partial charge on any atom is 0.330 e. The molecule has 3 heteroatoms. The number of rotatable bonds is 3. The van der Waals surface area contributed by atoms with Crippen molar-refractivity contribution < 1.29 is 9.47 Å². The van der Waals surface area contributed by atoms with Gasteiger partial charge in [-0.3, -0.25) is 0 Å². The average Bonchev–Trinajstić information content (AvgIpc) is 1.83. The zero-order valence-corrected chi connectivity index (χ0v) is 4.97. The van der Waals surface area contributed by atoms with E-state index in [-0.39, 0.29) is 6.29 Å². The van der Waals surface area contributed by atoms with Gasteiger partial charge in [-0.2, -0.15) is 5.26 Å². The Hall–Kier alpha value is -0.590. The molecule has 0 heterocycles. The highest BCUT2D eigenvalue weighted by molar-refractivity contribution is 4.92. The minimum atomic E-state index is 0.0208. The highest BCUT2D eigenvalue weighted by Gasteiger charge is 2.03. The zero-order chi connectivity index (χ0) is 6.41. The molecule has 0 saturated heterocycles. The second-order valence-corrected chi connectivity index (χ2v) is 1.04. The van der Waals surface area contributed by atoms with Crippen molar-refractivity contribution in [2.24, 2.45) is 0 Å². The predicted octanol–water partition coefficient (Wildman–Crippen LogP) is 0.682. The van der Waals surface area contributed by atoms with Crippen LogP contribution < -0.4 is 0 Å². The largest absolute Gasteiger partial charge is 0.336 e. The van der Waals surface area contributed by atoms with Crippen LogP contribution in [0, 0.1) is 17.6 Å². The van der Waals surface area contributed by atoms with Gasteiger partial charge in [0.2, 0.25) is 0 Å². The molecule has 0 rings (SSSR count). The monoisotopic (exact) mass is 114 g/mol. The first kappa shape index (κ1) is 7.41. The van der Waals surface area contributed by atoms with Crippen molar-refractivity contribution in [2.75, 3.05) is 13.7 Å². The lowest BCUT2D eigenvalue weighted by molar-refractivity contribution is 0.0126. The van der Waals surface area contributed by atoms with E-state index in [4.69, 9.17) is 5.26 Å². The molecular formula is C5H8NO2. The van der Waals surface area contributed by atoms with Crippen LogP contribution in [0.5, 0.6) is 0 Å². The molecule has 45 valence electrons. The molecule has 0 aliphatic heterocycles. The second-order valence-electron chi connectivity index (χ2n) is 1.04. The van der Waals surface area contributed by atoms with Crippen molar-refractivity contribution in [2.45, 2.75) is 6.92 Å². The fourth-order valence-electron chi connectivity index (χ4n) is 0.268. The first-order valence-electron chi connectivity index (χ1n) is 2.29. The van der Waals surface area contributed by atoms with Gasteiger partial charge in [0, 0.05) is 13.7 Å². The normalized spacial score (nSPS) is 9.25. The third-order valence-corrected chi connectivity index (χ3v) is 0.552. The van der Waals surface area contributed by atoms with E-state index < -0.39 is 0 Å². The summed E-state index contributed by atoms with van der Waals surface area (Å²) in [6, 6.07) is 1.72. The summed E-state index contributed by atoms with van der Waals surface area (Å²) >= 11 is 0. The molecule has 0 spiro atoms. The minimum Gasteiger partial charge on any atom is -0.336 e. The average molecular weight is 114 g/mol. The highest BCUT2D eigenvalue weighted by Crippen LogP contribution is 1.97. The van der Waals surface area contributed by atoms with Crippen molar-refractivity contribution >= 4 is 0 Å². The van der Waals surface area contributed by atoms with Gasteiger partial charge in [-0.25, -0.2) is 0 Å². The Morgan fingerprint density at radius 1 is 1.75 bits per heavy atom. The molecule has 0 aliphatic carbocycles. The third-order valence-electron chi connectivity index (χ3n) is 0.552. The van der Waals surface area contributed by atoms with E-state index in [1.807, 2.05) is 0 Å². The van der Waals surface area contributed by atoms with Crippen LogP contribution >= 0.6 is 0 Å². The fraction of sp³-hybridized carbons (Fsp3) is 0.600. The summed E-state index contributed by atoms with van der Waals surface area (Å²) < 4.78 is 9.15. The Kier molecular flexibility index (Phi) is 4.23. The van der Waals surface area contributed by atoms with Gasteiger partial charge in [0.25, 0.3) is 0 Å². The van der Waals surface area contributed by atoms with Crippen LogP contribution in [0.15, 0.2) is 0 Å². The van der Waals surface area contributed by atoms with E-state index in [1.165, 1.54) is 7.11 Å². The van der Waals surface area contributed by atoms with Crippen molar-refractivity contribution in [3.8, 4) is 6.07 Å². The van der Waals surface area contributed by atoms with Gasteiger partial charge in [-0.1, -0.05) is 0 Å². The maximum atomic E-state index is 8.12. The molecule has 0 aromatic carbocycles. The summed E-state index contributed by atoms with van der Waals surface area (Å²) in [4.78, 5) is 0. The van der Waals surface area contributed by atoms with E-state index in [0.29, 0.717) is 6.61 Å². The molecule has 0 amide bonds. The van der Waals surface area contributed by atoms with E-state index in [9.17, 15) is 0 Å². The molecule has 0 atom stereocenters. The molecule has 1 radical (unpaired) electrons. The van der Waals surface area contributed by atoms with Crippen molar-refractivity contribution in [1.82, 2.24) is 0 Å². The Bertz CT molecular complexity index is 86.9. The topological polar surface area (TPSA) is 42.2 Å². The van der Waals surface area contributed by atoms with Crippen LogP contribution in [-0.2, 0) is 9.47 Å². The molecule has 0 bridgehead atoms. The molecule has 0 N–H and O–H groups in total. The lowest BCUT2D eigenvalue weighted by Crippen LogP contribution is -2.01. The second kappa shape index (κ2) is 4.57. The van der Waals surface area contributed by atoms with E-state index in [2.05, 4.69) is 9.47 Å². The first-order valence-corrected chi connectivity index (χ1v) is 2.29. The number of hydrogen-bond donors (Lipinski definition) is 0. The zero-order valence-electron chi connectivity index (χ0n) is 4.97. The quantitative estimate of drug-likeness (QED) is 0.541. The van der Waals surface area contributed by atoms with Crippen LogP contribution in [0.1, 0.15) is 6.92 Å². The fourth-order valence-corrected chi connectivity index (χ4v) is 0.268. The number of methoxy groups -OCH3 is 1. The van der Waals surface area contributed by atoms with Gasteiger partial charge >= 0.3 is 6.29 Å². The van der Waals surface area contributed by atoms with E-state index >= 15 is 0 Å². The number of hydrogen-bond acceptors (Lipinski definition) is 3. The van der Waals surface area contributed by atoms with E-state index in [1.54, 1.807) is 13.0 Å². The standard InChI is InChI=1S/C5H8NO2/c1-3-8-5(4-6)7-2/h3H2,1-2H3. The maximum absolute atomic E-state index is 8.12. The number of nitriles is 1. The molecular weight excluding hydrogens is 106 g/mol. The minimum absolute atomic E-state index is 0.0208. The van der Waals surface area contributed by atoms with Crippen LogP contribution in [0.3, 0.4) is 0 Å². The Balaban J connectivity index is 3.26. The van der Waals surface area contributed by atoms with Crippen LogP contribution in [0.4, 0.5) is 0 Å². The smallest absolute Gasteiger partial charge is 0.330 e. The van der Waals surface area contributed by atoms with Crippen LogP contribution in [0.25, 0.3) is 0 Å². The molecule has 0 aliphatic rings. The van der Waals surface area contributed by atoms with Gasteiger partial charge in [0.15, 0.2) is 0 Å². The molecule has 3 nitrogen and oxygen atoms in total. The summed E-state index contributed by atoms with van der Waals surface area (Å²) in [7, 11) is 1.40. The molecule has 0 aromatic heterocycles. The Morgan fingerprint density at radius 2 is 2.38 bits per heavy atom. The van der Waals surface area contributed by atoms with Gasteiger partial charge in [-0.15, -0.1) is 0 Å². The molecule has 0 fully saturated rings. The summed E-state index contributed by atoms with van der Waals surface area (Å²) in [5, 5.41) is 8.12. The summed E-state index contributed by atoms with van der Waals surface area (Å²) in [6.45, 7) is 2.26. The SMILES string of the molecule is CCO[C](C#N)OC. The summed E-state index contributed by atoms with van der Waals surface area (Å²) in [5.74, 6) is 0. The number of nitrogens with zero attached hydrogens (tertiary/aromatic N) is 1. The molecule has 0 unspecified atom stereocenters. The lowest BCUT2D eigenvalue weighted by Gasteiger charge is -2.00. The van der Waals surface area contributed by atoms with Gasteiger partial charge in [0.05, 0.1) is 0 Å². The van der Waals surface area contributed by atoms with Crippen LogP contribution in [-0.4, -0.2) is 13.7 Å². The summed E-state index contributed by atoms with van der Waals surface area (Å²) in [5.41, 5.74) is 0. The lowest BCUT2D eigenvalue weighted by atomic mass is 10.7. The van der Waals surface area contributed by atoms with Gasteiger partial charge in [-0.05, 0) is 6.92 Å². The van der Waals surface area contributed by atoms with Gasteiger partial charge < -0.3 is 9.47 Å². The molecule has 0 saturated carbocycles. The highest BCUT2D eigenvalue weighted by atomic mass is 16.7.